The van der Waals surface area contributed by atoms with Gasteiger partial charge in [0.1, 0.15) is 17.7 Å². The molecule has 2 nitrogen and oxygen atoms in total. The van der Waals surface area contributed by atoms with Gasteiger partial charge in [0.2, 0.25) is 0 Å². The van der Waals surface area contributed by atoms with E-state index in [1.54, 1.807) is 0 Å². The van der Waals surface area contributed by atoms with Crippen LogP contribution in [0.25, 0.3) is 0 Å². The van der Waals surface area contributed by atoms with Crippen molar-refractivity contribution in [3.8, 4) is 5.75 Å². The second kappa shape index (κ2) is 5.86. The summed E-state index contributed by atoms with van der Waals surface area (Å²) in [5, 5.41) is 3.40. The third kappa shape index (κ3) is 3.08. The molecule has 1 aliphatic heterocycles. The van der Waals surface area contributed by atoms with Crippen LogP contribution in [-0.4, -0.2) is 12.6 Å². The zero-order valence-electron chi connectivity index (χ0n) is 12.4. The van der Waals surface area contributed by atoms with Crippen LogP contribution in [0.15, 0.2) is 36.4 Å². The van der Waals surface area contributed by atoms with Gasteiger partial charge in [0, 0.05) is 19.5 Å². The number of nitrogens with one attached hydrogen (secondary N) is 1. The van der Waals surface area contributed by atoms with Crippen molar-refractivity contribution in [1.82, 2.24) is 5.32 Å². The molecule has 2 aromatic rings. The maximum Gasteiger partial charge on any atom is 0.129 e. The first-order valence-corrected chi connectivity index (χ1v) is 7.34. The first-order valence-electron chi connectivity index (χ1n) is 7.34. The molecule has 1 heterocycles. The molecular formula is C18H20FNO. The fourth-order valence-electron chi connectivity index (χ4n) is 2.88. The van der Waals surface area contributed by atoms with E-state index in [4.69, 9.17) is 4.74 Å². The lowest BCUT2D eigenvalue weighted by Gasteiger charge is -2.13. The maximum atomic E-state index is 13.6. The minimum Gasteiger partial charge on any atom is -0.488 e. The van der Waals surface area contributed by atoms with Gasteiger partial charge in [-0.15, -0.1) is 0 Å². The van der Waals surface area contributed by atoms with Gasteiger partial charge in [-0.05, 0) is 42.2 Å². The van der Waals surface area contributed by atoms with Crippen LogP contribution in [0.1, 0.15) is 22.3 Å². The van der Waals surface area contributed by atoms with Gasteiger partial charge in [-0.3, -0.25) is 0 Å². The van der Waals surface area contributed by atoms with Crippen LogP contribution in [0.2, 0.25) is 0 Å². The Morgan fingerprint density at radius 3 is 2.62 bits per heavy atom. The number of ether oxygens (including phenoxy) is 1. The number of aryl methyl sites for hydroxylation is 2. The molecule has 110 valence electrons. The first kappa shape index (κ1) is 14.1. The lowest BCUT2D eigenvalue weighted by atomic mass is 10.1. The third-order valence-corrected chi connectivity index (χ3v) is 3.91. The summed E-state index contributed by atoms with van der Waals surface area (Å²) < 4.78 is 19.5. The molecule has 21 heavy (non-hydrogen) atoms. The second-order valence-corrected chi connectivity index (χ2v) is 5.73. The van der Waals surface area contributed by atoms with E-state index >= 15 is 0 Å². The van der Waals surface area contributed by atoms with Gasteiger partial charge in [0.05, 0.1) is 0 Å². The molecule has 1 aliphatic rings. The first-order chi connectivity index (χ1) is 10.1. The highest BCUT2D eigenvalue weighted by molar-refractivity contribution is 5.37. The van der Waals surface area contributed by atoms with Gasteiger partial charge < -0.3 is 10.1 Å². The van der Waals surface area contributed by atoms with E-state index < -0.39 is 0 Å². The molecule has 1 unspecified atom stereocenters. The Morgan fingerprint density at radius 2 is 1.90 bits per heavy atom. The molecule has 1 N–H and O–H groups in total. The molecule has 0 fully saturated rings. The molecule has 0 saturated heterocycles. The van der Waals surface area contributed by atoms with Crippen molar-refractivity contribution >= 4 is 0 Å². The van der Waals surface area contributed by atoms with E-state index in [1.165, 1.54) is 5.56 Å². The van der Waals surface area contributed by atoms with E-state index in [-0.39, 0.29) is 11.9 Å². The Morgan fingerprint density at radius 1 is 1.19 bits per heavy atom. The zero-order chi connectivity index (χ0) is 14.8. The summed E-state index contributed by atoms with van der Waals surface area (Å²) in [6.45, 7) is 5.15. The summed E-state index contributed by atoms with van der Waals surface area (Å²) in [5.41, 5.74) is 3.80. The van der Waals surface area contributed by atoms with Crippen molar-refractivity contribution in [2.45, 2.75) is 32.9 Å². The van der Waals surface area contributed by atoms with Crippen LogP contribution in [0, 0.1) is 19.7 Å². The summed E-state index contributed by atoms with van der Waals surface area (Å²) in [6.07, 6.45) is 1.13. The van der Waals surface area contributed by atoms with E-state index in [0.717, 1.165) is 30.8 Å². The summed E-state index contributed by atoms with van der Waals surface area (Å²) in [6, 6.07) is 12.0. The molecule has 0 bridgehead atoms. The van der Waals surface area contributed by atoms with Crippen LogP contribution in [0.3, 0.4) is 0 Å². The molecule has 0 aliphatic carbocycles. The summed E-state index contributed by atoms with van der Waals surface area (Å²) >= 11 is 0. The van der Waals surface area contributed by atoms with Crippen molar-refractivity contribution in [3.63, 3.8) is 0 Å². The molecule has 1 atom stereocenters. The van der Waals surface area contributed by atoms with Gasteiger partial charge in [0.25, 0.3) is 0 Å². The molecular weight excluding hydrogens is 265 g/mol. The van der Waals surface area contributed by atoms with Gasteiger partial charge in [-0.1, -0.05) is 30.3 Å². The van der Waals surface area contributed by atoms with Crippen LogP contribution in [-0.2, 0) is 13.0 Å². The molecule has 0 spiro atoms. The number of hydrogen-bond acceptors (Lipinski definition) is 2. The highest BCUT2D eigenvalue weighted by Crippen LogP contribution is 2.27. The Hall–Kier alpha value is -1.87. The molecule has 0 aromatic heterocycles. The topological polar surface area (TPSA) is 21.3 Å². The van der Waals surface area contributed by atoms with Crippen molar-refractivity contribution in [2.75, 3.05) is 6.54 Å². The van der Waals surface area contributed by atoms with Crippen LogP contribution in [0.4, 0.5) is 4.39 Å². The second-order valence-electron chi connectivity index (χ2n) is 5.73. The Labute approximate surface area is 125 Å². The standard InChI is InChI=1S/C18H20FNO/c1-12-7-14(8-13(2)18(12)19)10-20-11-16-9-15-5-3-4-6-17(15)21-16/h3-8,16,20H,9-11H2,1-2H3. The Kier molecular flexibility index (Phi) is 3.93. The number of rotatable bonds is 4. The van der Waals surface area contributed by atoms with E-state index in [9.17, 15) is 4.39 Å². The molecule has 3 heteroatoms. The molecule has 0 saturated carbocycles. The molecule has 0 radical (unpaired) electrons. The minimum absolute atomic E-state index is 0.103. The Bertz CT molecular complexity index is 605. The lowest BCUT2D eigenvalue weighted by Crippen LogP contribution is -2.29. The van der Waals surface area contributed by atoms with Crippen molar-refractivity contribution in [1.29, 1.82) is 0 Å². The summed E-state index contributed by atoms with van der Waals surface area (Å²) in [5.74, 6) is 0.895. The van der Waals surface area contributed by atoms with Gasteiger partial charge in [-0.2, -0.15) is 0 Å². The highest BCUT2D eigenvalue weighted by atomic mass is 19.1. The van der Waals surface area contributed by atoms with Gasteiger partial charge in [-0.25, -0.2) is 4.39 Å². The fraction of sp³-hybridized carbons (Fsp3) is 0.333. The van der Waals surface area contributed by atoms with Crippen molar-refractivity contribution in [3.05, 3.63) is 64.5 Å². The van der Waals surface area contributed by atoms with Crippen LogP contribution < -0.4 is 10.1 Å². The molecule has 0 amide bonds. The quantitative estimate of drug-likeness (QED) is 0.928. The monoisotopic (exact) mass is 285 g/mol. The van der Waals surface area contributed by atoms with Crippen LogP contribution in [0.5, 0.6) is 5.75 Å². The molecule has 3 rings (SSSR count). The van der Waals surface area contributed by atoms with Crippen molar-refractivity contribution in [2.24, 2.45) is 0 Å². The predicted octanol–water partition coefficient (Wildman–Crippen LogP) is 3.54. The predicted molar refractivity (Wildman–Crippen MR) is 82.1 cm³/mol. The van der Waals surface area contributed by atoms with E-state index in [1.807, 2.05) is 44.2 Å². The van der Waals surface area contributed by atoms with Gasteiger partial charge >= 0.3 is 0 Å². The van der Waals surface area contributed by atoms with Crippen LogP contribution >= 0.6 is 0 Å². The SMILES string of the molecule is Cc1cc(CNCC2Cc3ccccc3O2)cc(C)c1F. The smallest absolute Gasteiger partial charge is 0.129 e. The fourth-order valence-corrected chi connectivity index (χ4v) is 2.88. The number of halogens is 1. The lowest BCUT2D eigenvalue weighted by molar-refractivity contribution is 0.227. The minimum atomic E-state index is -0.103. The zero-order valence-corrected chi connectivity index (χ0v) is 12.4. The van der Waals surface area contributed by atoms with E-state index in [2.05, 4.69) is 11.4 Å². The largest absolute Gasteiger partial charge is 0.488 e. The average Bonchev–Trinajstić information content (AvgIpc) is 2.87. The van der Waals surface area contributed by atoms with Crippen molar-refractivity contribution < 1.29 is 9.13 Å². The summed E-state index contributed by atoms with van der Waals surface area (Å²) in [7, 11) is 0. The van der Waals surface area contributed by atoms with E-state index in [0.29, 0.717) is 11.1 Å². The average molecular weight is 285 g/mol. The number of benzene rings is 2. The third-order valence-electron chi connectivity index (χ3n) is 3.91. The number of para-hydroxylation sites is 1. The maximum absolute atomic E-state index is 13.6. The van der Waals surface area contributed by atoms with Gasteiger partial charge in [0.15, 0.2) is 0 Å². The number of hydrogen-bond donors (Lipinski definition) is 1. The normalized spacial score (nSPS) is 16.6. The molecule has 2 aromatic carbocycles. The number of fused-ring (bicyclic) bond motifs is 1. The summed E-state index contributed by atoms with van der Waals surface area (Å²) in [4.78, 5) is 0. The highest BCUT2D eigenvalue weighted by Gasteiger charge is 2.21. The Balaban J connectivity index is 1.54.